The second-order valence-corrected chi connectivity index (χ2v) is 6.06. The molecule has 26 heavy (non-hydrogen) atoms. The van der Waals surface area contributed by atoms with Crippen LogP contribution in [0.4, 0.5) is 5.95 Å². The summed E-state index contributed by atoms with van der Waals surface area (Å²) >= 11 is 0. The van der Waals surface area contributed by atoms with Crippen molar-refractivity contribution in [1.29, 1.82) is 0 Å². The van der Waals surface area contributed by atoms with E-state index in [0.717, 1.165) is 17.0 Å². The van der Waals surface area contributed by atoms with E-state index in [0.29, 0.717) is 17.1 Å². The molecule has 1 atom stereocenters. The first-order valence-electron chi connectivity index (χ1n) is 8.30. The molecule has 1 aliphatic heterocycles. The lowest BCUT2D eigenvalue weighted by Crippen LogP contribution is -2.28. The molecule has 4 rings (SSSR count). The van der Waals surface area contributed by atoms with Crippen LogP contribution in [-0.2, 0) is 0 Å². The van der Waals surface area contributed by atoms with Crippen molar-refractivity contribution in [2.75, 3.05) is 12.4 Å². The number of Topliss-reactive ketones (excluding diaryl/α,β-unsaturated/α-hetero) is 1. The highest BCUT2D eigenvalue weighted by atomic mass is 16.5. The van der Waals surface area contributed by atoms with Crippen LogP contribution in [0.1, 0.15) is 28.9 Å². The van der Waals surface area contributed by atoms with Crippen molar-refractivity contribution < 1.29 is 9.53 Å². The van der Waals surface area contributed by atoms with Gasteiger partial charge in [0.25, 0.3) is 0 Å². The number of aromatic nitrogens is 3. The number of nitrogens with one attached hydrogen (secondary N) is 1. The van der Waals surface area contributed by atoms with Gasteiger partial charge in [0.1, 0.15) is 18.1 Å². The molecule has 0 amide bonds. The number of carbonyl (C=O) groups excluding carboxylic acids is 1. The zero-order valence-electron chi connectivity index (χ0n) is 14.5. The van der Waals surface area contributed by atoms with Gasteiger partial charge < -0.3 is 10.1 Å². The third kappa shape index (κ3) is 2.65. The second kappa shape index (κ2) is 6.48. The summed E-state index contributed by atoms with van der Waals surface area (Å²) in [4.78, 5) is 17.5. The van der Waals surface area contributed by atoms with Crippen LogP contribution in [0.3, 0.4) is 0 Å². The summed E-state index contributed by atoms with van der Waals surface area (Å²) in [5.74, 6) is 1.35. The fourth-order valence-corrected chi connectivity index (χ4v) is 3.22. The number of fused-ring (bicyclic) bond motifs is 1. The predicted octanol–water partition coefficient (Wildman–Crippen LogP) is 3.46. The Morgan fingerprint density at radius 2 is 1.85 bits per heavy atom. The van der Waals surface area contributed by atoms with E-state index in [4.69, 9.17) is 4.74 Å². The van der Waals surface area contributed by atoms with Crippen LogP contribution >= 0.6 is 0 Å². The van der Waals surface area contributed by atoms with Gasteiger partial charge in [0.05, 0.1) is 7.11 Å². The Balaban J connectivity index is 1.85. The number of hydrogen-bond acceptors (Lipinski definition) is 5. The minimum absolute atomic E-state index is 0.0300. The molecule has 3 aromatic rings. The number of benzene rings is 2. The number of allylic oxidation sites excluding steroid dienone is 2. The molecule has 6 heteroatoms. The van der Waals surface area contributed by atoms with Crippen molar-refractivity contribution in [3.05, 3.63) is 83.3 Å². The molecule has 1 aromatic heterocycles. The van der Waals surface area contributed by atoms with E-state index in [9.17, 15) is 4.79 Å². The molecule has 0 aliphatic carbocycles. The summed E-state index contributed by atoms with van der Waals surface area (Å²) < 4.78 is 6.99. The maximum Gasteiger partial charge on any atom is 0.226 e. The third-order valence-corrected chi connectivity index (χ3v) is 4.51. The molecule has 0 radical (unpaired) electrons. The standard InChI is InChI=1S/C20H18N4O2/c1-13-17(19(25)15-6-4-3-5-7-15)18(24-20(23-13)21-12-22-24)14-8-10-16(26-2)11-9-14/h3-12,18H,1-2H3,(H,21,22,23)/t18-/m1/s1. The number of carbonyl (C=O) groups is 1. The number of anilines is 1. The molecule has 0 unspecified atom stereocenters. The summed E-state index contributed by atoms with van der Waals surface area (Å²) in [7, 11) is 1.63. The first kappa shape index (κ1) is 16.1. The average Bonchev–Trinajstić information content (AvgIpc) is 3.15. The van der Waals surface area contributed by atoms with Crippen LogP contribution in [0.25, 0.3) is 0 Å². The van der Waals surface area contributed by atoms with Crippen molar-refractivity contribution >= 4 is 11.7 Å². The predicted molar refractivity (Wildman–Crippen MR) is 98.3 cm³/mol. The highest BCUT2D eigenvalue weighted by Gasteiger charge is 2.33. The number of methoxy groups -OCH3 is 1. The van der Waals surface area contributed by atoms with E-state index >= 15 is 0 Å². The zero-order chi connectivity index (χ0) is 18.1. The number of ether oxygens (including phenoxy) is 1. The van der Waals surface area contributed by atoms with Gasteiger partial charge in [-0.3, -0.25) is 4.79 Å². The highest BCUT2D eigenvalue weighted by Crippen LogP contribution is 2.36. The lowest BCUT2D eigenvalue weighted by Gasteiger charge is -2.28. The van der Waals surface area contributed by atoms with Crippen molar-refractivity contribution in [3.8, 4) is 5.75 Å². The number of hydrogen-bond donors (Lipinski definition) is 1. The summed E-state index contributed by atoms with van der Waals surface area (Å²) in [5, 5.41) is 7.53. The topological polar surface area (TPSA) is 69.0 Å². The molecule has 0 saturated carbocycles. The maximum absolute atomic E-state index is 13.3. The van der Waals surface area contributed by atoms with Gasteiger partial charge in [-0.1, -0.05) is 42.5 Å². The summed E-state index contributed by atoms with van der Waals surface area (Å²) in [6.07, 6.45) is 1.49. The fourth-order valence-electron chi connectivity index (χ4n) is 3.22. The third-order valence-electron chi connectivity index (χ3n) is 4.51. The SMILES string of the molecule is COc1ccc([C@@H]2C(C(=O)c3ccccc3)=C(C)Nc3ncnn32)cc1. The van der Waals surface area contributed by atoms with Crippen LogP contribution in [0.2, 0.25) is 0 Å². The quantitative estimate of drug-likeness (QED) is 0.733. The molecule has 1 aliphatic rings. The van der Waals surface area contributed by atoms with E-state index in [-0.39, 0.29) is 11.8 Å². The lowest BCUT2D eigenvalue weighted by atomic mass is 9.90. The molecular formula is C20H18N4O2. The summed E-state index contributed by atoms with van der Waals surface area (Å²) in [5.41, 5.74) is 3.02. The Morgan fingerprint density at radius 3 is 2.54 bits per heavy atom. The maximum atomic E-state index is 13.3. The normalized spacial score (nSPS) is 16.0. The second-order valence-electron chi connectivity index (χ2n) is 6.06. The van der Waals surface area contributed by atoms with E-state index in [1.165, 1.54) is 6.33 Å². The molecule has 0 fully saturated rings. The van der Waals surface area contributed by atoms with Gasteiger partial charge in [-0.25, -0.2) is 4.68 Å². The van der Waals surface area contributed by atoms with Crippen LogP contribution in [-0.4, -0.2) is 27.7 Å². The van der Waals surface area contributed by atoms with Crippen molar-refractivity contribution in [2.24, 2.45) is 0 Å². The Bertz CT molecular complexity index is 975. The average molecular weight is 346 g/mol. The lowest BCUT2D eigenvalue weighted by molar-refractivity contribution is 0.102. The fraction of sp³-hybridized carbons (Fsp3) is 0.150. The van der Waals surface area contributed by atoms with Gasteiger partial charge in [0.2, 0.25) is 5.95 Å². The molecule has 0 spiro atoms. The van der Waals surface area contributed by atoms with Crippen LogP contribution in [0.5, 0.6) is 5.75 Å². The Labute approximate surface area is 151 Å². The Hall–Kier alpha value is -3.41. The number of nitrogens with zero attached hydrogens (tertiary/aromatic N) is 3. The van der Waals surface area contributed by atoms with Gasteiger partial charge in [-0.05, 0) is 24.6 Å². The zero-order valence-corrected chi connectivity index (χ0v) is 14.5. The smallest absolute Gasteiger partial charge is 0.226 e. The molecule has 2 aromatic carbocycles. The molecule has 130 valence electrons. The van der Waals surface area contributed by atoms with E-state index in [2.05, 4.69) is 15.4 Å². The molecule has 1 N–H and O–H groups in total. The van der Waals surface area contributed by atoms with Crippen molar-refractivity contribution in [2.45, 2.75) is 13.0 Å². The Morgan fingerprint density at radius 1 is 1.12 bits per heavy atom. The highest BCUT2D eigenvalue weighted by molar-refractivity contribution is 6.10. The molecule has 0 saturated heterocycles. The van der Waals surface area contributed by atoms with Crippen LogP contribution in [0.15, 0.2) is 72.2 Å². The van der Waals surface area contributed by atoms with Crippen LogP contribution in [0, 0.1) is 0 Å². The van der Waals surface area contributed by atoms with Gasteiger partial charge in [0, 0.05) is 16.8 Å². The van der Waals surface area contributed by atoms with Gasteiger partial charge >= 0.3 is 0 Å². The van der Waals surface area contributed by atoms with Gasteiger partial charge in [0.15, 0.2) is 5.78 Å². The molecule has 2 heterocycles. The molecular weight excluding hydrogens is 328 g/mol. The molecule has 0 bridgehead atoms. The number of ketones is 1. The van der Waals surface area contributed by atoms with Crippen molar-refractivity contribution in [1.82, 2.24) is 14.8 Å². The summed E-state index contributed by atoms with van der Waals surface area (Å²) in [6, 6.07) is 16.6. The monoisotopic (exact) mass is 346 g/mol. The van der Waals surface area contributed by atoms with Crippen molar-refractivity contribution in [3.63, 3.8) is 0 Å². The van der Waals surface area contributed by atoms with E-state index in [1.54, 1.807) is 11.8 Å². The molecule has 6 nitrogen and oxygen atoms in total. The minimum Gasteiger partial charge on any atom is -0.497 e. The first-order valence-corrected chi connectivity index (χ1v) is 8.30. The van der Waals surface area contributed by atoms with E-state index in [1.807, 2.05) is 61.5 Å². The van der Waals surface area contributed by atoms with Gasteiger partial charge in [-0.15, -0.1) is 0 Å². The van der Waals surface area contributed by atoms with Gasteiger partial charge in [-0.2, -0.15) is 10.1 Å². The van der Waals surface area contributed by atoms with Crippen LogP contribution < -0.4 is 10.1 Å². The first-order chi connectivity index (χ1) is 12.7. The van der Waals surface area contributed by atoms with E-state index < -0.39 is 0 Å². The largest absolute Gasteiger partial charge is 0.497 e. The minimum atomic E-state index is -0.354. The summed E-state index contributed by atoms with van der Waals surface area (Å²) in [6.45, 7) is 1.89. The Kier molecular flexibility index (Phi) is 4.01. The number of rotatable bonds is 4.